The van der Waals surface area contributed by atoms with E-state index >= 15 is 0 Å². The number of thiophene rings is 1. The van der Waals surface area contributed by atoms with Crippen molar-refractivity contribution in [1.29, 1.82) is 0 Å². The van der Waals surface area contributed by atoms with Gasteiger partial charge in [-0.15, -0.1) is 11.3 Å². The van der Waals surface area contributed by atoms with Gasteiger partial charge in [-0.3, -0.25) is 0 Å². The fraction of sp³-hybridized carbons (Fsp3) is 0.0909. The van der Waals surface area contributed by atoms with Gasteiger partial charge >= 0.3 is 5.97 Å². The molecule has 0 fully saturated rings. The first-order valence-corrected chi connectivity index (χ1v) is 5.51. The molecule has 0 aliphatic rings. The molecule has 0 aliphatic heterocycles. The van der Waals surface area contributed by atoms with Gasteiger partial charge in [-0.1, -0.05) is 0 Å². The summed E-state index contributed by atoms with van der Waals surface area (Å²) in [6, 6.07) is 3.91. The fourth-order valence-electron chi connectivity index (χ4n) is 1.28. The van der Waals surface area contributed by atoms with E-state index in [4.69, 9.17) is 5.11 Å². The lowest BCUT2D eigenvalue weighted by molar-refractivity contribution is -0.131. The number of carboxylic acids is 1. The average molecular weight is 234 g/mol. The Hall–Kier alpha value is -1.88. The van der Waals surface area contributed by atoms with Gasteiger partial charge in [0.15, 0.2) is 0 Å². The van der Waals surface area contributed by atoms with Crippen molar-refractivity contribution < 1.29 is 9.90 Å². The molecule has 0 saturated carbocycles. The topological polar surface area (TPSA) is 55.1 Å². The highest BCUT2D eigenvalue weighted by atomic mass is 32.1. The van der Waals surface area contributed by atoms with E-state index in [1.807, 2.05) is 22.9 Å². The molecule has 0 aromatic carbocycles. The van der Waals surface area contributed by atoms with Gasteiger partial charge in [-0.05, 0) is 18.2 Å². The van der Waals surface area contributed by atoms with Crippen LogP contribution in [0.15, 0.2) is 36.9 Å². The van der Waals surface area contributed by atoms with Gasteiger partial charge in [0.25, 0.3) is 0 Å². The molecule has 0 amide bonds. The zero-order chi connectivity index (χ0) is 11.4. The van der Waals surface area contributed by atoms with E-state index in [0.29, 0.717) is 0 Å². The second-order valence-electron chi connectivity index (χ2n) is 3.21. The summed E-state index contributed by atoms with van der Waals surface area (Å²) in [5.41, 5.74) is 0. The van der Waals surface area contributed by atoms with Crippen molar-refractivity contribution >= 4 is 23.4 Å². The lowest BCUT2D eigenvalue weighted by atomic mass is 10.4. The molecule has 0 spiro atoms. The number of carbonyl (C=O) groups is 1. The molecule has 0 atom stereocenters. The summed E-state index contributed by atoms with van der Waals surface area (Å²) in [5.74, 6) is -0.926. The van der Waals surface area contributed by atoms with Crippen LogP contribution in [-0.4, -0.2) is 20.6 Å². The van der Waals surface area contributed by atoms with Crippen LogP contribution < -0.4 is 0 Å². The normalized spacial score (nSPS) is 11.0. The molecule has 5 heteroatoms. The third-order valence-corrected chi connectivity index (χ3v) is 3.01. The number of hydrogen-bond donors (Lipinski definition) is 1. The van der Waals surface area contributed by atoms with Crippen LogP contribution in [0.5, 0.6) is 0 Å². The highest BCUT2D eigenvalue weighted by Crippen LogP contribution is 2.18. The molecule has 0 unspecified atom stereocenters. The zero-order valence-corrected chi connectivity index (χ0v) is 9.22. The Kier molecular flexibility index (Phi) is 3.16. The molecule has 2 rings (SSSR count). The van der Waals surface area contributed by atoms with Crippen LogP contribution in [0.1, 0.15) is 9.75 Å². The SMILES string of the molecule is O=C(O)C=Cc1ccc(Cn2ccnc2)s1. The molecule has 82 valence electrons. The van der Waals surface area contributed by atoms with Gasteiger partial charge in [0.05, 0.1) is 12.9 Å². The third kappa shape index (κ3) is 2.80. The molecule has 0 aliphatic carbocycles. The Balaban J connectivity index is 2.05. The summed E-state index contributed by atoms with van der Waals surface area (Å²) in [6.45, 7) is 0.769. The standard InChI is InChI=1S/C11H10N2O2S/c14-11(15)4-3-9-1-2-10(16-9)7-13-6-5-12-8-13/h1-6,8H,7H2,(H,14,15). The maximum absolute atomic E-state index is 10.3. The van der Waals surface area contributed by atoms with E-state index in [1.165, 1.54) is 4.88 Å². The Labute approximate surface area is 96.5 Å². The van der Waals surface area contributed by atoms with Gasteiger partial charge in [0.2, 0.25) is 0 Å². The van der Waals surface area contributed by atoms with Gasteiger partial charge < -0.3 is 9.67 Å². The quantitative estimate of drug-likeness (QED) is 0.824. The van der Waals surface area contributed by atoms with Crippen molar-refractivity contribution in [2.24, 2.45) is 0 Å². The maximum atomic E-state index is 10.3. The van der Waals surface area contributed by atoms with Crippen molar-refractivity contribution in [3.8, 4) is 0 Å². The summed E-state index contributed by atoms with van der Waals surface area (Å²) in [5, 5.41) is 8.49. The van der Waals surface area contributed by atoms with Crippen molar-refractivity contribution in [1.82, 2.24) is 9.55 Å². The summed E-state index contributed by atoms with van der Waals surface area (Å²) in [6.07, 6.45) is 8.13. The highest BCUT2D eigenvalue weighted by Gasteiger charge is 1.99. The van der Waals surface area contributed by atoms with Crippen LogP contribution in [0.2, 0.25) is 0 Å². The van der Waals surface area contributed by atoms with Gasteiger partial charge in [-0.2, -0.15) is 0 Å². The van der Waals surface area contributed by atoms with Crippen LogP contribution in [0.3, 0.4) is 0 Å². The second kappa shape index (κ2) is 4.76. The van der Waals surface area contributed by atoms with E-state index < -0.39 is 5.97 Å². The molecule has 1 N–H and O–H groups in total. The number of hydrogen-bond acceptors (Lipinski definition) is 3. The number of aromatic nitrogens is 2. The van der Waals surface area contributed by atoms with E-state index in [2.05, 4.69) is 4.98 Å². The summed E-state index contributed by atoms with van der Waals surface area (Å²) < 4.78 is 1.97. The first-order valence-electron chi connectivity index (χ1n) is 4.69. The molecule has 0 saturated heterocycles. The van der Waals surface area contributed by atoms with E-state index in [0.717, 1.165) is 17.5 Å². The predicted octanol–water partition coefficient (Wildman–Crippen LogP) is 2.09. The number of imidazole rings is 1. The summed E-state index contributed by atoms with van der Waals surface area (Å²) in [4.78, 5) is 16.4. The lowest BCUT2D eigenvalue weighted by Crippen LogP contribution is -1.92. The van der Waals surface area contributed by atoms with Crippen LogP contribution in [0.4, 0.5) is 0 Å². The third-order valence-electron chi connectivity index (χ3n) is 1.97. The second-order valence-corrected chi connectivity index (χ2v) is 4.41. The smallest absolute Gasteiger partial charge is 0.328 e. The minimum Gasteiger partial charge on any atom is -0.478 e. The summed E-state index contributed by atoms with van der Waals surface area (Å²) >= 11 is 1.57. The maximum Gasteiger partial charge on any atom is 0.328 e. The molecular formula is C11H10N2O2S. The van der Waals surface area contributed by atoms with Crippen LogP contribution in [0.25, 0.3) is 6.08 Å². The highest BCUT2D eigenvalue weighted by molar-refractivity contribution is 7.12. The van der Waals surface area contributed by atoms with Gasteiger partial charge in [-0.25, -0.2) is 9.78 Å². The van der Waals surface area contributed by atoms with Crippen LogP contribution in [0, 0.1) is 0 Å². The van der Waals surface area contributed by atoms with Gasteiger partial charge in [0.1, 0.15) is 0 Å². The molecule has 0 bridgehead atoms. The molecule has 4 nitrogen and oxygen atoms in total. The number of carboxylic acid groups (broad SMARTS) is 1. The van der Waals surface area contributed by atoms with Crippen LogP contribution in [-0.2, 0) is 11.3 Å². The molecule has 16 heavy (non-hydrogen) atoms. The molecule has 2 heterocycles. The van der Waals surface area contributed by atoms with Crippen LogP contribution >= 0.6 is 11.3 Å². The van der Waals surface area contributed by atoms with Crippen molar-refractivity contribution in [2.75, 3.05) is 0 Å². The molecule has 2 aromatic rings. The molecule has 0 radical (unpaired) electrons. The van der Waals surface area contributed by atoms with E-state index in [9.17, 15) is 4.79 Å². The number of nitrogens with zero attached hydrogens (tertiary/aromatic N) is 2. The first kappa shape index (κ1) is 10.6. The van der Waals surface area contributed by atoms with E-state index in [-0.39, 0.29) is 0 Å². The average Bonchev–Trinajstić information content (AvgIpc) is 2.87. The van der Waals surface area contributed by atoms with Gasteiger partial charge in [0, 0.05) is 28.2 Å². The Bertz CT molecular complexity index is 500. The summed E-state index contributed by atoms with van der Waals surface area (Å²) in [7, 11) is 0. The zero-order valence-electron chi connectivity index (χ0n) is 8.41. The number of rotatable bonds is 4. The fourth-order valence-corrected chi connectivity index (χ4v) is 2.21. The predicted molar refractivity (Wildman–Crippen MR) is 62.3 cm³/mol. The first-order chi connectivity index (χ1) is 7.74. The monoisotopic (exact) mass is 234 g/mol. The van der Waals surface area contributed by atoms with E-state index in [1.54, 1.807) is 29.9 Å². The Morgan fingerprint density at radius 3 is 3.12 bits per heavy atom. The Morgan fingerprint density at radius 1 is 1.56 bits per heavy atom. The van der Waals surface area contributed by atoms with Crippen molar-refractivity contribution in [3.63, 3.8) is 0 Å². The van der Waals surface area contributed by atoms with Crippen molar-refractivity contribution in [2.45, 2.75) is 6.54 Å². The minimum atomic E-state index is -0.926. The molecule has 2 aromatic heterocycles. The largest absolute Gasteiger partial charge is 0.478 e. The van der Waals surface area contributed by atoms with Crippen molar-refractivity contribution in [3.05, 3.63) is 46.7 Å². The molecular weight excluding hydrogens is 224 g/mol. The number of aliphatic carboxylic acids is 1. The minimum absolute atomic E-state index is 0.769. The lowest BCUT2D eigenvalue weighted by Gasteiger charge is -1.96. The Morgan fingerprint density at radius 2 is 2.44 bits per heavy atom.